The zero-order valence-corrected chi connectivity index (χ0v) is 9.61. The molecule has 0 amide bonds. The van der Waals surface area contributed by atoms with Gasteiger partial charge in [-0.2, -0.15) is 0 Å². The molecule has 0 fully saturated rings. The van der Waals surface area contributed by atoms with Crippen LogP contribution in [-0.2, 0) is 0 Å². The maximum atomic E-state index is 11.8. The molecule has 0 aromatic carbocycles. The van der Waals surface area contributed by atoms with E-state index in [-0.39, 0.29) is 0 Å². The number of hydrogen-bond donors (Lipinski definition) is 0. The Labute approximate surface area is 69.0 Å². The van der Waals surface area contributed by atoms with Crippen LogP contribution in [0.15, 0.2) is 0 Å². The van der Waals surface area contributed by atoms with Gasteiger partial charge in [-0.1, -0.05) is 0 Å². The van der Waals surface area contributed by atoms with Crippen LogP contribution in [0.2, 0.25) is 11.4 Å². The van der Waals surface area contributed by atoms with Gasteiger partial charge < -0.3 is 0 Å². The zero-order chi connectivity index (χ0) is 9.23. The molecule has 0 aliphatic rings. The third-order valence-corrected chi connectivity index (χ3v) is 18.3. The number of halogens is 5. The molecule has 0 bridgehead atoms. The van der Waals surface area contributed by atoms with Crippen molar-refractivity contribution in [3.63, 3.8) is 0 Å². The summed E-state index contributed by atoms with van der Waals surface area (Å²) in [5, 5.41) is -3.11. The Morgan fingerprint density at radius 3 is 1.45 bits per heavy atom. The molecule has 0 saturated carbocycles. The molecule has 0 aliphatic heterocycles. The van der Waals surface area contributed by atoms with Crippen molar-refractivity contribution >= 4 is 25.2 Å². The Kier molecular flexibility index (Phi) is 4.42. The fourth-order valence-corrected chi connectivity index (χ4v) is 11.4. The molecule has 11 heavy (non-hydrogen) atoms. The standard InChI is InChI=1S/C4H7As2F5/c1-5(2)6(3(7)8)4(9,10)11/h3H,1-2H3. The van der Waals surface area contributed by atoms with Gasteiger partial charge in [0.25, 0.3) is 0 Å². The Hall–Kier alpha value is 0.767. The molecule has 0 aromatic heterocycles. The summed E-state index contributed by atoms with van der Waals surface area (Å²) in [6, 6.07) is 0. The monoisotopic (exact) mass is 300 g/mol. The number of alkyl halides is 5. The average molecular weight is 300 g/mol. The summed E-state index contributed by atoms with van der Waals surface area (Å²) < 4.78 is 59.2. The van der Waals surface area contributed by atoms with Crippen LogP contribution < -0.4 is 0 Å². The topological polar surface area (TPSA) is 0 Å². The number of rotatable bonds is 2. The minimum atomic E-state index is -4.58. The second-order valence-electron chi connectivity index (χ2n) is 1.94. The van der Waals surface area contributed by atoms with Crippen molar-refractivity contribution in [1.82, 2.24) is 0 Å². The summed E-state index contributed by atoms with van der Waals surface area (Å²) >= 11 is -6.09. The second kappa shape index (κ2) is 4.13. The molecule has 0 nitrogen and oxygen atoms in total. The van der Waals surface area contributed by atoms with Crippen LogP contribution in [0.1, 0.15) is 0 Å². The van der Waals surface area contributed by atoms with Gasteiger partial charge in [-0.05, 0) is 0 Å². The third kappa shape index (κ3) is 3.79. The molecule has 0 rings (SSSR count). The molecule has 7 heteroatoms. The molecule has 68 valence electrons. The fourth-order valence-electron chi connectivity index (χ4n) is 0.512. The van der Waals surface area contributed by atoms with Gasteiger partial charge in [0.1, 0.15) is 0 Å². The summed E-state index contributed by atoms with van der Waals surface area (Å²) in [4.78, 5) is -4.58. The van der Waals surface area contributed by atoms with Gasteiger partial charge >= 0.3 is 68.7 Å². The quantitative estimate of drug-likeness (QED) is 0.542. The molecule has 0 spiro atoms. The normalized spacial score (nSPS) is 16.1. The van der Waals surface area contributed by atoms with Gasteiger partial charge in [-0.15, -0.1) is 0 Å². The molecular formula is C4H7As2F5. The van der Waals surface area contributed by atoms with E-state index in [0.29, 0.717) is 0 Å². The van der Waals surface area contributed by atoms with E-state index < -0.39 is 35.3 Å². The molecular weight excluding hydrogens is 293 g/mol. The van der Waals surface area contributed by atoms with Crippen molar-refractivity contribution in [3.05, 3.63) is 0 Å². The second-order valence-corrected chi connectivity index (χ2v) is 22.2. The Bertz CT molecular complexity index is 112. The predicted octanol–water partition coefficient (Wildman–Crippen LogP) is 2.22. The molecule has 0 aliphatic carbocycles. The van der Waals surface area contributed by atoms with Crippen molar-refractivity contribution in [3.8, 4) is 0 Å². The summed E-state index contributed by atoms with van der Waals surface area (Å²) in [5.74, 6) is 0. The fraction of sp³-hybridized carbons (Fsp3) is 1.00. The molecule has 0 heterocycles. The van der Waals surface area contributed by atoms with Crippen LogP contribution in [0.25, 0.3) is 0 Å². The van der Waals surface area contributed by atoms with Crippen molar-refractivity contribution in [2.75, 3.05) is 0 Å². The van der Waals surface area contributed by atoms with Crippen molar-refractivity contribution < 1.29 is 22.0 Å². The Morgan fingerprint density at radius 1 is 1.09 bits per heavy atom. The van der Waals surface area contributed by atoms with Crippen LogP contribution in [0, 0.1) is 0 Å². The van der Waals surface area contributed by atoms with Crippen LogP contribution in [0.5, 0.6) is 0 Å². The van der Waals surface area contributed by atoms with Crippen LogP contribution >= 0.6 is 0 Å². The Balaban J connectivity index is 4.35. The molecule has 1 atom stereocenters. The Morgan fingerprint density at radius 2 is 1.45 bits per heavy atom. The first-order chi connectivity index (χ1) is 4.76. The molecule has 1 unspecified atom stereocenters. The molecule has 0 aromatic rings. The van der Waals surface area contributed by atoms with Crippen molar-refractivity contribution in [2.45, 2.75) is 21.6 Å². The summed E-state index contributed by atoms with van der Waals surface area (Å²) in [5.41, 5.74) is 2.68. The van der Waals surface area contributed by atoms with E-state index in [9.17, 15) is 22.0 Å². The van der Waals surface area contributed by atoms with E-state index in [1.54, 1.807) is 0 Å². The van der Waals surface area contributed by atoms with Gasteiger partial charge in [-0.25, -0.2) is 0 Å². The minimum absolute atomic E-state index is 1.34. The van der Waals surface area contributed by atoms with E-state index in [2.05, 4.69) is 0 Å². The van der Waals surface area contributed by atoms with Crippen LogP contribution in [0.3, 0.4) is 0 Å². The van der Waals surface area contributed by atoms with E-state index in [1.165, 1.54) is 11.4 Å². The zero-order valence-electron chi connectivity index (χ0n) is 5.86. The third-order valence-electron chi connectivity index (χ3n) is 0.876. The van der Waals surface area contributed by atoms with Gasteiger partial charge in [0, 0.05) is 0 Å². The first-order valence-corrected chi connectivity index (χ1v) is 13.6. The van der Waals surface area contributed by atoms with Gasteiger partial charge in [0.2, 0.25) is 0 Å². The molecule has 0 radical (unpaired) electrons. The van der Waals surface area contributed by atoms with Crippen molar-refractivity contribution in [2.24, 2.45) is 0 Å². The summed E-state index contributed by atoms with van der Waals surface area (Å²) in [7, 11) is 0. The van der Waals surface area contributed by atoms with E-state index in [1.807, 2.05) is 0 Å². The summed E-state index contributed by atoms with van der Waals surface area (Å²) in [6.45, 7) is 0. The van der Waals surface area contributed by atoms with Crippen molar-refractivity contribution in [1.29, 1.82) is 0 Å². The maximum absolute atomic E-state index is 11.8. The SMILES string of the molecule is C[As](C)[As](C(F)F)C(F)(F)F. The van der Waals surface area contributed by atoms with Crippen LogP contribution in [0.4, 0.5) is 22.0 Å². The first-order valence-electron chi connectivity index (χ1n) is 2.58. The predicted molar refractivity (Wildman–Crippen MR) is 35.3 cm³/mol. The summed E-state index contributed by atoms with van der Waals surface area (Å²) in [6.07, 6.45) is 0. The van der Waals surface area contributed by atoms with E-state index >= 15 is 0 Å². The van der Waals surface area contributed by atoms with E-state index in [4.69, 9.17) is 0 Å². The first kappa shape index (κ1) is 11.8. The van der Waals surface area contributed by atoms with E-state index in [0.717, 1.165) is 0 Å². The van der Waals surface area contributed by atoms with Gasteiger partial charge in [0.15, 0.2) is 0 Å². The number of hydrogen-bond acceptors (Lipinski definition) is 0. The molecule has 0 N–H and O–H groups in total. The molecule has 0 saturated heterocycles. The van der Waals surface area contributed by atoms with Crippen LogP contribution in [-0.4, -0.2) is 35.3 Å². The van der Waals surface area contributed by atoms with Gasteiger partial charge in [-0.3, -0.25) is 0 Å². The average Bonchev–Trinajstić information content (AvgIpc) is 1.54. The van der Waals surface area contributed by atoms with Gasteiger partial charge in [0.05, 0.1) is 0 Å².